The summed E-state index contributed by atoms with van der Waals surface area (Å²) in [4.78, 5) is 17.0. The monoisotopic (exact) mass is 983 g/mol. The lowest BCUT2D eigenvalue weighted by Crippen LogP contribution is -2.55. The van der Waals surface area contributed by atoms with Gasteiger partial charge in [0.25, 0.3) is 0 Å². The quantitative estimate of drug-likeness (QED) is 0.165. The molecule has 11 aromatic rings. The molecule has 7 aromatic carbocycles. The molecule has 0 spiro atoms. The Kier molecular flexibility index (Phi) is 12.8. The van der Waals surface area contributed by atoms with Crippen LogP contribution in [0.25, 0.3) is 104 Å². The van der Waals surface area contributed by atoms with Gasteiger partial charge in [-0.3, -0.25) is 0 Å². The molecule has 0 aliphatic carbocycles. The summed E-state index contributed by atoms with van der Waals surface area (Å²) in [5.41, 5.74) is 41.9. The Bertz CT molecular complexity index is 4520. The van der Waals surface area contributed by atoms with Gasteiger partial charge in [-0.05, 0) is 16.2 Å². The van der Waals surface area contributed by atoms with E-state index in [9.17, 15) is 0 Å². The molecule has 11 rings (SSSR count). The minimum atomic E-state index is 0.672. The van der Waals surface area contributed by atoms with Crippen molar-refractivity contribution in [3.05, 3.63) is 0 Å². The van der Waals surface area contributed by atoms with Gasteiger partial charge in [-0.2, -0.15) is 0 Å². The second kappa shape index (κ2) is 18.3. The number of hydrogen-bond donors (Lipinski definition) is 0. The van der Waals surface area contributed by atoms with Crippen molar-refractivity contribution in [3.63, 3.8) is 0 Å². The summed E-state index contributed by atoms with van der Waals surface area (Å²) < 4.78 is 13.2. The Morgan fingerprint density at radius 2 is 0.571 bits per heavy atom. The van der Waals surface area contributed by atoms with E-state index in [1.165, 1.54) is 173 Å². The largest absolute Gasteiger partial charge is 0.454 e. The molecule has 32 heteroatoms. The molecule has 0 aliphatic heterocycles. The molecule has 342 valence electrons. The van der Waals surface area contributed by atoms with E-state index in [4.69, 9.17) is 19.4 Å². The van der Waals surface area contributed by atoms with Gasteiger partial charge in [0.15, 0.2) is 23.1 Å². The number of benzene rings is 7. The van der Waals surface area contributed by atoms with Crippen molar-refractivity contribution < 1.29 is 4.42 Å². The summed E-state index contributed by atoms with van der Waals surface area (Å²) in [6.07, 6.45) is 0. The highest BCUT2D eigenvalue weighted by atomic mass is 32.1. The maximum atomic E-state index is 7.78. The fourth-order valence-electron chi connectivity index (χ4n) is 13.9. The SMILES string of the molecule is Bc1c(B)c(B)c(-c2nc(-c3c(B)c(B)c(B)c(B)c3B)nc(-c3c(B)c(B)c(B)c4oc5c(-n6c7c(B)c(B)c(B)c(B)c7c7c(B)c(B)c8c(sc9c(B)c(B)c(B)c(B)c98)c76)c(B)c(B)c(B)c5c34)n2)c(B)c1B. The van der Waals surface area contributed by atoms with Gasteiger partial charge < -0.3 is 8.98 Å². The Labute approximate surface area is 481 Å². The van der Waals surface area contributed by atoms with Crippen LogP contribution >= 0.6 is 11.3 Å². The second-order valence-electron chi connectivity index (χ2n) is 23.8. The van der Waals surface area contributed by atoms with Crippen molar-refractivity contribution in [1.29, 1.82) is 0 Å². The van der Waals surface area contributed by atoms with Crippen LogP contribution in [0, 0.1) is 0 Å². The van der Waals surface area contributed by atoms with Crippen LogP contribution in [0.1, 0.15) is 0 Å². The maximum Gasteiger partial charge on any atom is 0.164 e. The molecule has 0 fully saturated rings. The Morgan fingerprint density at radius 1 is 0.247 bits per heavy atom. The van der Waals surface area contributed by atoms with Gasteiger partial charge in [0.2, 0.25) is 0 Å². The van der Waals surface area contributed by atoms with Gasteiger partial charge in [-0.1, -0.05) is 92.9 Å². The minimum absolute atomic E-state index is 0.672. The van der Waals surface area contributed by atoms with Crippen molar-refractivity contribution in [2.75, 3.05) is 0 Å². The molecule has 5 nitrogen and oxygen atoms in total. The predicted octanol–water partition coefficient (Wildman–Crippen LogP) is -33.0. The summed E-state index contributed by atoms with van der Waals surface area (Å²) in [6, 6.07) is 0. The van der Waals surface area contributed by atoms with Gasteiger partial charge in [0.1, 0.15) is 210 Å². The fourth-order valence-corrected chi connectivity index (χ4v) is 15.4. The van der Waals surface area contributed by atoms with E-state index in [1.807, 2.05) is 11.3 Å². The normalized spacial score (nSPS) is 11.9. The number of rotatable bonds is 4. The fraction of sp³-hybridized carbons (Fsp3) is 0. The molecule has 0 radical (unpaired) electrons. The van der Waals surface area contributed by atoms with Crippen molar-refractivity contribution >= 4 is 421 Å². The van der Waals surface area contributed by atoms with Crippen LogP contribution in [-0.2, 0) is 0 Å². The molecule has 0 atom stereocenters. The Balaban J connectivity index is 1.38. The summed E-state index contributed by atoms with van der Waals surface area (Å²) >= 11 is 1.99. The number of aromatic nitrogens is 4. The van der Waals surface area contributed by atoms with E-state index < -0.39 is 0 Å². The topological polar surface area (TPSA) is 56.7 Å². The summed E-state index contributed by atoms with van der Waals surface area (Å²) in [5.74, 6) is 2.09. The third-order valence-electron chi connectivity index (χ3n) is 21.0. The second-order valence-corrected chi connectivity index (χ2v) is 24.9. The van der Waals surface area contributed by atoms with Gasteiger partial charge in [-0.15, -0.1) is 60.5 Å². The van der Waals surface area contributed by atoms with Crippen LogP contribution in [0.3, 0.4) is 0 Å². The molecule has 4 heterocycles. The average molecular weight is 978 g/mol. The van der Waals surface area contributed by atoms with Crippen LogP contribution in [-0.4, -0.2) is 224 Å². The molecule has 0 amide bonds. The highest BCUT2D eigenvalue weighted by Gasteiger charge is 2.32. The molecule has 0 unspecified atom stereocenters. The molecular formula is C45H52B26N4OS. The third-order valence-corrected chi connectivity index (χ3v) is 22.3. The lowest BCUT2D eigenvalue weighted by atomic mass is 9.60. The Hall–Kier alpha value is -4.94. The first-order chi connectivity index (χ1) is 36.1. The van der Waals surface area contributed by atoms with Crippen LogP contribution < -0.4 is 142 Å². The van der Waals surface area contributed by atoms with Crippen molar-refractivity contribution in [2.24, 2.45) is 0 Å². The summed E-state index contributed by atoms with van der Waals surface area (Å²) in [7, 11) is 59.5. The smallest absolute Gasteiger partial charge is 0.164 e. The zero-order valence-corrected chi connectivity index (χ0v) is 51.9. The van der Waals surface area contributed by atoms with Gasteiger partial charge >= 0.3 is 0 Å². The molecule has 4 aromatic heterocycles. The van der Waals surface area contributed by atoms with Crippen molar-refractivity contribution in [3.8, 4) is 39.9 Å². The molecule has 77 heavy (non-hydrogen) atoms. The van der Waals surface area contributed by atoms with Crippen LogP contribution in [0.2, 0.25) is 0 Å². The zero-order valence-electron chi connectivity index (χ0n) is 51.1. The van der Waals surface area contributed by atoms with Gasteiger partial charge in [0.05, 0.1) is 15.9 Å². The highest BCUT2D eigenvalue weighted by Crippen LogP contribution is 2.42. The molecular weight excluding hydrogens is 926 g/mol. The Morgan fingerprint density at radius 3 is 1.08 bits per heavy atom. The molecule has 0 aliphatic rings. The van der Waals surface area contributed by atoms with E-state index in [2.05, 4.69) is 209 Å². The van der Waals surface area contributed by atoms with E-state index in [1.54, 1.807) is 0 Å². The lowest BCUT2D eigenvalue weighted by molar-refractivity contribution is 0.670. The van der Waals surface area contributed by atoms with Crippen molar-refractivity contribution in [2.45, 2.75) is 0 Å². The number of hydrogen-bond acceptors (Lipinski definition) is 5. The van der Waals surface area contributed by atoms with E-state index in [-0.39, 0.29) is 0 Å². The first-order valence-corrected chi connectivity index (χ1v) is 28.6. The third kappa shape index (κ3) is 7.06. The first kappa shape index (κ1) is 54.0. The number of fused-ring (bicyclic) bond motifs is 10. The zero-order chi connectivity index (χ0) is 56.1. The number of nitrogens with zero attached hydrogens (tertiary/aromatic N) is 4. The molecule has 0 saturated heterocycles. The maximum absolute atomic E-state index is 7.78. The predicted molar refractivity (Wildman–Crippen MR) is 423 cm³/mol. The van der Waals surface area contributed by atoms with E-state index in [0.29, 0.717) is 17.5 Å². The van der Waals surface area contributed by atoms with Crippen LogP contribution in [0.4, 0.5) is 0 Å². The van der Waals surface area contributed by atoms with Crippen LogP contribution in [0.15, 0.2) is 4.42 Å². The number of thiophene rings is 1. The van der Waals surface area contributed by atoms with Gasteiger partial charge in [-0.25, -0.2) is 15.0 Å². The van der Waals surface area contributed by atoms with E-state index in [0.717, 1.165) is 55.2 Å². The standard InChI is InChI=1S/C45H52B26N4OS/c46-10-3-2-11(47)20(56)30(66)32(68)36(2)75(37(3)42-6(13(10)49)5-14(50)21(57)31(67)35(71)41(5)77-42)38-33(69)26(62)12(48)4-1-7(15(51)27(63)34(70)39(1)76-40(4)38)43-72-44(8-16(52)22(58)28(64)23(59)17(8)53)74-45(73-43)9-18(54)24(60)29(65)25(61)19(9)55/h46-71H2. The minimum Gasteiger partial charge on any atom is -0.454 e. The molecule has 0 saturated carbocycles. The molecule has 0 bridgehead atoms. The van der Waals surface area contributed by atoms with Gasteiger partial charge in [0, 0.05) is 43.1 Å². The molecule has 0 N–H and O–H groups in total. The highest BCUT2D eigenvalue weighted by molar-refractivity contribution is 7.28. The summed E-state index contributed by atoms with van der Waals surface area (Å²) in [5, 5.41) is 7.66. The average Bonchev–Trinajstić information content (AvgIpc) is 4.11. The lowest BCUT2D eigenvalue weighted by Gasteiger charge is -2.23. The summed E-state index contributed by atoms with van der Waals surface area (Å²) in [6.45, 7) is 0. The van der Waals surface area contributed by atoms with Crippen LogP contribution in [0.5, 0.6) is 0 Å². The first-order valence-electron chi connectivity index (χ1n) is 27.8. The van der Waals surface area contributed by atoms with Crippen molar-refractivity contribution in [1.82, 2.24) is 19.5 Å². The number of furan rings is 1. The van der Waals surface area contributed by atoms with E-state index >= 15 is 0 Å².